The maximum absolute atomic E-state index is 13.9. The zero-order valence-electron chi connectivity index (χ0n) is 27.7. The Morgan fingerprint density at radius 2 is 1.83 bits per heavy atom. The van der Waals surface area contributed by atoms with Gasteiger partial charge in [-0.3, -0.25) is 9.69 Å². The van der Waals surface area contributed by atoms with E-state index >= 15 is 0 Å². The summed E-state index contributed by atoms with van der Waals surface area (Å²) in [5.41, 5.74) is 0.571. The van der Waals surface area contributed by atoms with Gasteiger partial charge in [-0.05, 0) is 76.9 Å². The Labute approximate surface area is 278 Å². The summed E-state index contributed by atoms with van der Waals surface area (Å²) in [6, 6.07) is 12.7. The lowest BCUT2D eigenvalue weighted by atomic mass is 9.74. The third kappa shape index (κ3) is 7.17. The number of nitrogens with zero attached hydrogens (tertiary/aromatic N) is 6. The first kappa shape index (κ1) is 34.5. The second kappa shape index (κ2) is 13.3. The van der Waals surface area contributed by atoms with E-state index < -0.39 is 28.8 Å². The minimum atomic E-state index is -4.55. The smallest absolute Gasteiger partial charge is 0.416 e. The van der Waals surface area contributed by atoms with E-state index in [1.807, 2.05) is 36.1 Å². The Bertz CT molecular complexity index is 1720. The zero-order valence-corrected chi connectivity index (χ0v) is 27.7. The number of anilines is 2. The highest BCUT2D eigenvalue weighted by Gasteiger charge is 2.47. The molecule has 2 amide bonds. The minimum Gasteiger partial charge on any atom is -0.477 e. The topological polar surface area (TPSA) is 112 Å². The van der Waals surface area contributed by atoms with Gasteiger partial charge in [0.15, 0.2) is 0 Å². The number of pyridine rings is 2. The van der Waals surface area contributed by atoms with Crippen LogP contribution in [0.3, 0.4) is 0 Å². The highest BCUT2D eigenvalue weighted by Crippen LogP contribution is 2.48. The van der Waals surface area contributed by atoms with E-state index in [0.29, 0.717) is 67.7 Å². The van der Waals surface area contributed by atoms with Gasteiger partial charge in [0.1, 0.15) is 17.5 Å². The highest BCUT2D eigenvalue weighted by molar-refractivity contribution is 5.96. The summed E-state index contributed by atoms with van der Waals surface area (Å²) < 4.78 is 51.2. The molecule has 0 N–H and O–H groups in total. The van der Waals surface area contributed by atoms with Crippen molar-refractivity contribution < 1.29 is 32.2 Å². The van der Waals surface area contributed by atoms with Crippen LogP contribution in [0.25, 0.3) is 11.3 Å². The van der Waals surface area contributed by atoms with Crippen molar-refractivity contribution in [2.24, 2.45) is 0 Å². The molecule has 254 valence electrons. The van der Waals surface area contributed by atoms with Gasteiger partial charge >= 0.3 is 12.3 Å². The van der Waals surface area contributed by atoms with Gasteiger partial charge in [-0.25, -0.2) is 14.8 Å². The second-order valence-corrected chi connectivity index (χ2v) is 13.1. The van der Waals surface area contributed by atoms with Crippen LogP contribution in [0.4, 0.5) is 29.5 Å². The largest absolute Gasteiger partial charge is 0.477 e. The Hall–Kier alpha value is -4.86. The first-order valence-electron chi connectivity index (χ1n) is 15.9. The summed E-state index contributed by atoms with van der Waals surface area (Å²) in [5, 5.41) is 9.68. The maximum Gasteiger partial charge on any atom is 0.416 e. The predicted octanol–water partition coefficient (Wildman–Crippen LogP) is 6.57. The van der Waals surface area contributed by atoms with E-state index in [2.05, 4.69) is 4.98 Å². The van der Waals surface area contributed by atoms with Crippen molar-refractivity contribution in [3.8, 4) is 23.2 Å². The van der Waals surface area contributed by atoms with Gasteiger partial charge in [0.05, 0.1) is 34.7 Å². The molecular formula is C35H39F3N6O4. The molecule has 0 aliphatic carbocycles. The molecule has 3 aromatic rings. The number of hydrogen-bond donors (Lipinski definition) is 0. The van der Waals surface area contributed by atoms with E-state index in [4.69, 9.17) is 14.5 Å². The molecule has 0 unspecified atom stereocenters. The van der Waals surface area contributed by atoms with Gasteiger partial charge in [0, 0.05) is 56.8 Å². The Morgan fingerprint density at radius 1 is 1.10 bits per heavy atom. The molecule has 5 rings (SSSR count). The van der Waals surface area contributed by atoms with Gasteiger partial charge in [-0.2, -0.15) is 18.4 Å². The van der Waals surface area contributed by atoms with Crippen LogP contribution < -0.4 is 14.5 Å². The van der Waals surface area contributed by atoms with Crippen molar-refractivity contribution in [2.45, 2.75) is 64.1 Å². The van der Waals surface area contributed by atoms with Crippen molar-refractivity contribution in [3.05, 3.63) is 65.4 Å². The molecule has 2 aromatic heterocycles. The van der Waals surface area contributed by atoms with Crippen LogP contribution in [0.2, 0.25) is 0 Å². The van der Waals surface area contributed by atoms with E-state index in [1.165, 1.54) is 11.0 Å². The Kier molecular flexibility index (Phi) is 9.58. The summed E-state index contributed by atoms with van der Waals surface area (Å²) >= 11 is 0. The van der Waals surface area contributed by atoms with E-state index in [-0.39, 0.29) is 24.4 Å². The van der Waals surface area contributed by atoms with E-state index in [1.54, 1.807) is 45.0 Å². The number of ether oxygens (including phenoxy) is 2. The molecule has 0 atom stereocenters. The number of hydrogen-bond acceptors (Lipinski definition) is 8. The fourth-order valence-corrected chi connectivity index (χ4v) is 6.23. The van der Waals surface area contributed by atoms with Gasteiger partial charge in [-0.1, -0.05) is 6.07 Å². The molecule has 0 saturated carbocycles. The summed E-state index contributed by atoms with van der Waals surface area (Å²) in [6.07, 6.45) is -2.25. The molecule has 2 aliphatic heterocycles. The molecule has 1 fully saturated rings. The number of alkyl halides is 3. The lowest BCUT2D eigenvalue weighted by Gasteiger charge is -2.41. The average Bonchev–Trinajstić information content (AvgIpc) is 3.35. The first-order chi connectivity index (χ1) is 22.7. The third-order valence-corrected chi connectivity index (χ3v) is 8.66. The van der Waals surface area contributed by atoms with Crippen molar-refractivity contribution in [2.75, 3.05) is 49.6 Å². The molecule has 13 heteroatoms. The summed E-state index contributed by atoms with van der Waals surface area (Å²) in [6.45, 7) is 9.02. The van der Waals surface area contributed by atoms with E-state index in [0.717, 1.165) is 17.7 Å². The average molecular weight is 665 g/mol. The van der Waals surface area contributed by atoms with Crippen LogP contribution >= 0.6 is 0 Å². The normalized spacial score (nSPS) is 15.6. The van der Waals surface area contributed by atoms with Gasteiger partial charge in [0.2, 0.25) is 11.8 Å². The standard InChI is InChI=1S/C35H39F3N6O4/c1-6-47-31-25(8-7-16-40-31)27-11-10-26-30(41-27)44(29(45)13-17-42(5)32(46)48-33(2,3)4)22-34(26)14-18-43(19-15-34)28-12-9-24(35(36,37)38)20-23(28)21-39/h7-12,16,20H,6,13-15,17-19,22H2,1-5H3. The number of rotatable bonds is 7. The van der Waals surface area contributed by atoms with E-state index in [9.17, 15) is 28.0 Å². The molecule has 2 aliphatic rings. The number of halogens is 3. The lowest BCUT2D eigenvalue weighted by Crippen LogP contribution is -2.46. The van der Waals surface area contributed by atoms with Gasteiger partial charge in [-0.15, -0.1) is 0 Å². The van der Waals surface area contributed by atoms with Crippen LogP contribution in [0, 0.1) is 11.3 Å². The Balaban J connectivity index is 1.43. The maximum atomic E-state index is 13.9. The number of aromatic nitrogens is 2. The third-order valence-electron chi connectivity index (χ3n) is 8.66. The van der Waals surface area contributed by atoms with Crippen LogP contribution in [0.15, 0.2) is 48.7 Å². The molecule has 1 spiro atoms. The fourth-order valence-electron chi connectivity index (χ4n) is 6.23. The molecular weight excluding hydrogens is 625 g/mol. The number of fused-ring (bicyclic) bond motifs is 2. The fraction of sp³-hybridized carbons (Fsp3) is 0.457. The number of amides is 2. The minimum absolute atomic E-state index is 0.0358. The lowest BCUT2D eigenvalue weighted by molar-refractivity contribution is -0.137. The monoisotopic (exact) mass is 664 g/mol. The van der Waals surface area contributed by atoms with Crippen LogP contribution in [0.1, 0.15) is 63.6 Å². The van der Waals surface area contributed by atoms with Crippen LogP contribution in [-0.4, -0.2) is 72.3 Å². The Morgan fingerprint density at radius 3 is 2.48 bits per heavy atom. The van der Waals surface area contributed by atoms with Crippen molar-refractivity contribution in [1.29, 1.82) is 5.26 Å². The molecule has 1 aromatic carbocycles. The molecule has 0 bridgehead atoms. The SMILES string of the molecule is CCOc1ncccc1-c1ccc2c(n1)N(C(=O)CCN(C)C(=O)OC(C)(C)C)CC21CCN(c2ccc(C(F)(F)F)cc2C#N)CC1. The number of nitriles is 1. The number of carbonyl (C=O) groups excluding carboxylic acids is 2. The number of benzene rings is 1. The highest BCUT2D eigenvalue weighted by atomic mass is 19.4. The quantitative estimate of drug-likeness (QED) is 0.279. The van der Waals surface area contributed by atoms with Crippen molar-refractivity contribution in [1.82, 2.24) is 14.9 Å². The summed E-state index contributed by atoms with van der Waals surface area (Å²) in [4.78, 5) is 40.7. The van der Waals surface area contributed by atoms with Crippen molar-refractivity contribution >= 4 is 23.5 Å². The molecule has 48 heavy (non-hydrogen) atoms. The number of piperidine rings is 1. The summed E-state index contributed by atoms with van der Waals surface area (Å²) in [5.74, 6) is 0.737. The predicted molar refractivity (Wildman–Crippen MR) is 174 cm³/mol. The molecule has 0 radical (unpaired) electrons. The number of carbonyl (C=O) groups is 2. The molecule has 1 saturated heterocycles. The second-order valence-electron chi connectivity index (χ2n) is 13.1. The van der Waals surface area contributed by atoms with Gasteiger partial charge < -0.3 is 19.3 Å². The molecule has 4 heterocycles. The van der Waals surface area contributed by atoms with Gasteiger partial charge in [0.25, 0.3) is 0 Å². The van der Waals surface area contributed by atoms with Crippen LogP contribution in [0.5, 0.6) is 5.88 Å². The van der Waals surface area contributed by atoms with Crippen LogP contribution in [-0.2, 0) is 21.1 Å². The first-order valence-corrected chi connectivity index (χ1v) is 15.9. The summed E-state index contributed by atoms with van der Waals surface area (Å²) in [7, 11) is 1.58. The molecule has 10 nitrogen and oxygen atoms in total. The zero-order chi connectivity index (χ0) is 34.9. The van der Waals surface area contributed by atoms with Crippen molar-refractivity contribution in [3.63, 3.8) is 0 Å².